The lowest BCUT2D eigenvalue weighted by molar-refractivity contribution is -0.152. The number of fused-ring (bicyclic) bond motifs is 1. The molecule has 22 heavy (non-hydrogen) atoms. The van der Waals surface area contributed by atoms with E-state index in [1.165, 1.54) is 7.11 Å². The second-order valence-corrected chi connectivity index (χ2v) is 5.82. The average Bonchev–Trinajstić information content (AvgIpc) is 2.53. The van der Waals surface area contributed by atoms with Gasteiger partial charge in [0.15, 0.2) is 0 Å². The minimum Gasteiger partial charge on any atom is -0.494 e. The average molecular weight is 301 g/mol. The quantitative estimate of drug-likeness (QED) is 0.859. The van der Waals surface area contributed by atoms with E-state index in [-0.39, 0.29) is 5.97 Å². The van der Waals surface area contributed by atoms with Gasteiger partial charge in [0.1, 0.15) is 5.75 Å². The fraction of sp³-hybridized carbons (Fsp3) is 0.389. The van der Waals surface area contributed by atoms with Crippen molar-refractivity contribution in [3.63, 3.8) is 0 Å². The highest BCUT2D eigenvalue weighted by Crippen LogP contribution is 2.41. The van der Waals surface area contributed by atoms with Crippen LogP contribution < -0.4 is 10.5 Å². The van der Waals surface area contributed by atoms with Gasteiger partial charge in [-0.05, 0) is 37.6 Å². The number of nitrogens with two attached hydrogens (primary N) is 1. The summed E-state index contributed by atoms with van der Waals surface area (Å²) in [6.45, 7) is 6.05. The Bertz CT molecular complexity index is 679. The zero-order valence-corrected chi connectivity index (χ0v) is 13.6. The highest BCUT2D eigenvalue weighted by molar-refractivity contribution is 5.89. The predicted octanol–water partition coefficient (Wildman–Crippen LogP) is 3.44. The van der Waals surface area contributed by atoms with Crippen LogP contribution in [0.2, 0.25) is 0 Å². The lowest BCUT2D eigenvalue weighted by Gasteiger charge is -2.31. The third-order valence-corrected chi connectivity index (χ3v) is 4.03. The molecule has 0 aliphatic heterocycles. The predicted molar refractivity (Wildman–Crippen MR) is 87.8 cm³/mol. The summed E-state index contributed by atoms with van der Waals surface area (Å²) >= 11 is 0. The van der Waals surface area contributed by atoms with Crippen molar-refractivity contribution in [1.29, 1.82) is 0 Å². The van der Waals surface area contributed by atoms with Crippen molar-refractivity contribution >= 4 is 16.7 Å². The number of methoxy groups -OCH3 is 1. The molecule has 2 rings (SSSR count). The molecule has 0 spiro atoms. The molecule has 0 fully saturated rings. The smallest absolute Gasteiger partial charge is 0.313 e. The van der Waals surface area contributed by atoms with Gasteiger partial charge in [0, 0.05) is 11.6 Å². The molecule has 2 aromatic carbocycles. The van der Waals surface area contributed by atoms with E-state index in [0.29, 0.717) is 12.4 Å². The first kappa shape index (κ1) is 16.3. The van der Waals surface area contributed by atoms with E-state index in [1.54, 1.807) is 13.8 Å². The molecule has 4 heteroatoms. The van der Waals surface area contributed by atoms with Crippen molar-refractivity contribution in [3.05, 3.63) is 42.0 Å². The van der Waals surface area contributed by atoms with E-state index in [1.807, 2.05) is 43.3 Å². The third-order valence-electron chi connectivity index (χ3n) is 4.03. The third kappa shape index (κ3) is 2.79. The molecule has 0 saturated heterocycles. The summed E-state index contributed by atoms with van der Waals surface area (Å²) in [5.74, 6) is 0.376. The summed E-state index contributed by atoms with van der Waals surface area (Å²) in [7, 11) is 1.38. The van der Waals surface area contributed by atoms with Gasteiger partial charge in [-0.1, -0.05) is 30.3 Å². The molecule has 0 aliphatic carbocycles. The molecule has 118 valence electrons. The van der Waals surface area contributed by atoms with Gasteiger partial charge >= 0.3 is 5.97 Å². The second kappa shape index (κ2) is 6.36. The Morgan fingerprint density at radius 3 is 2.55 bits per heavy atom. The van der Waals surface area contributed by atoms with Gasteiger partial charge in [-0.15, -0.1) is 0 Å². The van der Waals surface area contributed by atoms with Crippen LogP contribution in [0, 0.1) is 5.41 Å². The summed E-state index contributed by atoms with van der Waals surface area (Å²) in [6, 6.07) is 11.3. The second-order valence-electron chi connectivity index (χ2n) is 5.82. The Labute approximate surface area is 131 Å². The Hall–Kier alpha value is -2.07. The highest BCUT2D eigenvalue weighted by atomic mass is 16.5. The fourth-order valence-corrected chi connectivity index (χ4v) is 2.63. The number of esters is 1. The zero-order valence-electron chi connectivity index (χ0n) is 13.6. The molecule has 4 nitrogen and oxygen atoms in total. The zero-order chi connectivity index (χ0) is 16.3. The molecule has 0 heterocycles. The summed E-state index contributed by atoms with van der Waals surface area (Å²) in [4.78, 5) is 12.1. The standard InChI is InChI=1S/C18H23NO3/c1-5-22-14-11-10-12-8-6-7-9-13(12)15(14)16(19)18(2,3)17(20)21-4/h6-11,16H,5,19H2,1-4H3/t16-/m0/s1. The Kier molecular flexibility index (Phi) is 4.71. The van der Waals surface area contributed by atoms with Gasteiger partial charge in [0.2, 0.25) is 0 Å². The first-order valence-corrected chi connectivity index (χ1v) is 7.42. The molecule has 1 atom stereocenters. The number of hydrogen-bond donors (Lipinski definition) is 1. The van der Waals surface area contributed by atoms with E-state index in [0.717, 1.165) is 16.3 Å². The Morgan fingerprint density at radius 1 is 1.23 bits per heavy atom. The number of carbonyl (C=O) groups excluding carboxylic acids is 1. The first-order chi connectivity index (χ1) is 10.4. The van der Waals surface area contributed by atoms with Gasteiger partial charge in [0.25, 0.3) is 0 Å². The van der Waals surface area contributed by atoms with Crippen molar-refractivity contribution in [2.45, 2.75) is 26.8 Å². The minimum atomic E-state index is -0.856. The van der Waals surface area contributed by atoms with Crippen molar-refractivity contribution in [2.24, 2.45) is 11.1 Å². The van der Waals surface area contributed by atoms with E-state index in [2.05, 4.69) is 0 Å². The maximum absolute atomic E-state index is 12.1. The number of benzene rings is 2. The number of ether oxygens (including phenoxy) is 2. The van der Waals surface area contributed by atoms with Gasteiger partial charge in [-0.3, -0.25) is 4.79 Å². The molecule has 0 amide bonds. The molecule has 2 N–H and O–H groups in total. The topological polar surface area (TPSA) is 61.5 Å². The van der Waals surface area contributed by atoms with Crippen molar-refractivity contribution in [1.82, 2.24) is 0 Å². The number of hydrogen-bond acceptors (Lipinski definition) is 4. The fourth-order valence-electron chi connectivity index (χ4n) is 2.63. The van der Waals surface area contributed by atoms with Crippen LogP contribution in [0.1, 0.15) is 32.4 Å². The molecule has 0 unspecified atom stereocenters. The van der Waals surface area contributed by atoms with Crippen LogP contribution in [0.5, 0.6) is 5.75 Å². The first-order valence-electron chi connectivity index (χ1n) is 7.42. The van der Waals surface area contributed by atoms with E-state index in [4.69, 9.17) is 15.2 Å². The van der Waals surface area contributed by atoms with Crippen LogP contribution in [0.25, 0.3) is 10.8 Å². The summed E-state index contributed by atoms with van der Waals surface area (Å²) in [5.41, 5.74) is 6.45. The van der Waals surface area contributed by atoms with Crippen molar-refractivity contribution < 1.29 is 14.3 Å². The largest absolute Gasteiger partial charge is 0.494 e. The SMILES string of the molecule is CCOc1ccc2ccccc2c1[C@H](N)C(C)(C)C(=O)OC. The van der Waals surface area contributed by atoms with Crippen LogP contribution in [0.15, 0.2) is 36.4 Å². The van der Waals surface area contributed by atoms with Crippen LogP contribution in [0.3, 0.4) is 0 Å². The maximum atomic E-state index is 12.1. The molecule has 0 aromatic heterocycles. The molecule has 0 aliphatic rings. The lowest BCUT2D eigenvalue weighted by Crippen LogP contribution is -2.37. The Balaban J connectivity index is 2.65. The molecule has 2 aromatic rings. The van der Waals surface area contributed by atoms with Gasteiger partial charge in [-0.25, -0.2) is 0 Å². The van der Waals surface area contributed by atoms with Crippen LogP contribution in [0.4, 0.5) is 0 Å². The normalized spacial score (nSPS) is 13.0. The van der Waals surface area contributed by atoms with Gasteiger partial charge in [-0.2, -0.15) is 0 Å². The highest BCUT2D eigenvalue weighted by Gasteiger charge is 2.38. The van der Waals surface area contributed by atoms with Gasteiger partial charge < -0.3 is 15.2 Å². The molecule has 0 bridgehead atoms. The minimum absolute atomic E-state index is 0.338. The summed E-state index contributed by atoms with van der Waals surface area (Å²) < 4.78 is 10.7. The van der Waals surface area contributed by atoms with Crippen LogP contribution in [-0.4, -0.2) is 19.7 Å². The van der Waals surface area contributed by atoms with Crippen molar-refractivity contribution in [2.75, 3.05) is 13.7 Å². The Morgan fingerprint density at radius 2 is 1.91 bits per heavy atom. The van der Waals surface area contributed by atoms with E-state index < -0.39 is 11.5 Å². The summed E-state index contributed by atoms with van der Waals surface area (Å²) in [6.07, 6.45) is 0. The number of rotatable bonds is 5. The molecule has 0 saturated carbocycles. The van der Waals surface area contributed by atoms with E-state index >= 15 is 0 Å². The molecule has 0 radical (unpaired) electrons. The lowest BCUT2D eigenvalue weighted by atomic mass is 9.79. The molecular weight excluding hydrogens is 278 g/mol. The van der Waals surface area contributed by atoms with Crippen molar-refractivity contribution in [3.8, 4) is 5.75 Å². The summed E-state index contributed by atoms with van der Waals surface area (Å²) in [5, 5.41) is 2.06. The van der Waals surface area contributed by atoms with E-state index in [9.17, 15) is 4.79 Å². The maximum Gasteiger partial charge on any atom is 0.313 e. The van der Waals surface area contributed by atoms with Gasteiger partial charge in [0.05, 0.1) is 19.1 Å². The monoisotopic (exact) mass is 301 g/mol. The molecular formula is C18H23NO3. The van der Waals surface area contributed by atoms with Crippen LogP contribution in [-0.2, 0) is 9.53 Å². The van der Waals surface area contributed by atoms with Crippen LogP contribution >= 0.6 is 0 Å². The number of carbonyl (C=O) groups is 1.